The van der Waals surface area contributed by atoms with E-state index < -0.39 is 0 Å². The highest BCUT2D eigenvalue weighted by Gasteiger charge is 2.30. The van der Waals surface area contributed by atoms with Crippen LogP contribution in [-0.4, -0.2) is 0 Å². The van der Waals surface area contributed by atoms with Gasteiger partial charge in [0.1, 0.15) is 5.82 Å². The average molecular weight is 236 g/mol. The van der Waals surface area contributed by atoms with Crippen LogP contribution in [0.25, 0.3) is 0 Å². The summed E-state index contributed by atoms with van der Waals surface area (Å²) in [7, 11) is 0. The maximum Gasteiger partial charge on any atom is 0.123 e. The smallest absolute Gasteiger partial charge is 0.123 e. The molecule has 1 aromatic rings. The van der Waals surface area contributed by atoms with Gasteiger partial charge in [-0.15, -0.1) is 0 Å². The summed E-state index contributed by atoms with van der Waals surface area (Å²) in [5.74, 6) is 6.88. The predicted molar refractivity (Wildman–Crippen MR) is 67.6 cm³/mol. The Hall–Kier alpha value is -0.930. The Morgan fingerprint density at radius 3 is 2.59 bits per heavy atom. The quantitative estimate of drug-likeness (QED) is 0.622. The van der Waals surface area contributed by atoms with E-state index in [1.165, 1.54) is 37.8 Å². The van der Waals surface area contributed by atoms with Crippen LogP contribution < -0.4 is 11.3 Å². The second kappa shape index (κ2) is 5.61. The number of rotatable bonds is 4. The van der Waals surface area contributed by atoms with Crippen molar-refractivity contribution >= 4 is 0 Å². The Labute approximate surface area is 102 Å². The summed E-state index contributed by atoms with van der Waals surface area (Å²) in [4.78, 5) is 0. The zero-order chi connectivity index (χ0) is 12.3. The second-order valence-corrected chi connectivity index (χ2v) is 5.04. The molecule has 0 saturated heterocycles. The zero-order valence-corrected chi connectivity index (χ0v) is 10.3. The summed E-state index contributed by atoms with van der Waals surface area (Å²) in [6.07, 6.45) is 4.98. The van der Waals surface area contributed by atoms with Gasteiger partial charge in [0.05, 0.1) is 0 Å². The van der Waals surface area contributed by atoms with Crippen molar-refractivity contribution in [2.75, 3.05) is 0 Å². The summed E-state index contributed by atoms with van der Waals surface area (Å²) in [6, 6.07) is 6.84. The normalized spacial score (nSPS) is 26.1. The first kappa shape index (κ1) is 12.5. The van der Waals surface area contributed by atoms with E-state index in [4.69, 9.17) is 5.84 Å². The minimum absolute atomic E-state index is 0.159. The van der Waals surface area contributed by atoms with E-state index in [1.54, 1.807) is 0 Å². The first-order chi connectivity index (χ1) is 8.24. The fraction of sp³-hybridized carbons (Fsp3) is 0.571. The Bertz CT molecular complexity index is 350. The third kappa shape index (κ3) is 2.85. The lowest BCUT2D eigenvalue weighted by molar-refractivity contribution is 0.358. The molecule has 0 heterocycles. The summed E-state index contributed by atoms with van der Waals surface area (Å²) >= 11 is 0. The van der Waals surface area contributed by atoms with E-state index >= 15 is 0 Å². The molecule has 0 aliphatic heterocycles. The van der Waals surface area contributed by atoms with Crippen LogP contribution in [0.5, 0.6) is 0 Å². The van der Waals surface area contributed by atoms with E-state index in [9.17, 15) is 4.39 Å². The van der Waals surface area contributed by atoms with Crippen molar-refractivity contribution in [2.45, 2.75) is 38.6 Å². The monoisotopic (exact) mass is 236 g/mol. The molecule has 1 aliphatic rings. The molecule has 3 N–H and O–H groups in total. The van der Waals surface area contributed by atoms with E-state index in [-0.39, 0.29) is 11.9 Å². The van der Waals surface area contributed by atoms with Gasteiger partial charge in [-0.05, 0) is 42.4 Å². The van der Waals surface area contributed by atoms with Crippen LogP contribution in [0.4, 0.5) is 4.39 Å². The van der Waals surface area contributed by atoms with Crippen molar-refractivity contribution in [1.29, 1.82) is 0 Å². The molecule has 1 saturated carbocycles. The van der Waals surface area contributed by atoms with Crippen molar-refractivity contribution in [3.8, 4) is 0 Å². The first-order valence-electron chi connectivity index (χ1n) is 6.46. The second-order valence-electron chi connectivity index (χ2n) is 5.04. The highest BCUT2D eigenvalue weighted by molar-refractivity contribution is 5.20. The molecule has 0 radical (unpaired) electrons. The standard InChI is InChI=1S/C14H21FN2/c1-2-10-3-4-12(9-10)14(17-16)11-5-7-13(15)8-6-11/h5-8,10,12,14,17H,2-4,9,16H2,1H3. The van der Waals surface area contributed by atoms with Crippen LogP contribution in [0, 0.1) is 17.7 Å². The van der Waals surface area contributed by atoms with Gasteiger partial charge in [0.25, 0.3) is 0 Å². The van der Waals surface area contributed by atoms with Gasteiger partial charge in [0.2, 0.25) is 0 Å². The largest absolute Gasteiger partial charge is 0.271 e. The lowest BCUT2D eigenvalue weighted by Gasteiger charge is -2.23. The van der Waals surface area contributed by atoms with Crippen LogP contribution in [0.15, 0.2) is 24.3 Å². The molecule has 94 valence electrons. The Morgan fingerprint density at radius 1 is 1.35 bits per heavy atom. The third-order valence-corrected chi connectivity index (χ3v) is 4.04. The van der Waals surface area contributed by atoms with Crippen LogP contribution in [-0.2, 0) is 0 Å². The molecule has 3 atom stereocenters. The number of nitrogens with one attached hydrogen (secondary N) is 1. The van der Waals surface area contributed by atoms with Gasteiger partial charge in [0, 0.05) is 6.04 Å². The Morgan fingerprint density at radius 2 is 2.06 bits per heavy atom. The molecule has 1 fully saturated rings. The van der Waals surface area contributed by atoms with Crippen molar-refractivity contribution in [1.82, 2.24) is 5.43 Å². The highest BCUT2D eigenvalue weighted by atomic mass is 19.1. The Kier molecular flexibility index (Phi) is 4.13. The van der Waals surface area contributed by atoms with Gasteiger partial charge in [-0.3, -0.25) is 11.3 Å². The number of hydrazine groups is 1. The van der Waals surface area contributed by atoms with E-state index in [2.05, 4.69) is 12.3 Å². The maximum atomic E-state index is 12.9. The molecule has 2 nitrogen and oxygen atoms in total. The van der Waals surface area contributed by atoms with E-state index in [1.807, 2.05) is 12.1 Å². The number of benzene rings is 1. The van der Waals surface area contributed by atoms with Crippen LogP contribution in [0.1, 0.15) is 44.2 Å². The number of hydrogen-bond acceptors (Lipinski definition) is 2. The maximum absolute atomic E-state index is 12.9. The summed E-state index contributed by atoms with van der Waals surface area (Å²) < 4.78 is 12.9. The fourth-order valence-corrected chi connectivity index (χ4v) is 2.96. The molecular weight excluding hydrogens is 215 g/mol. The van der Waals surface area contributed by atoms with E-state index in [0.29, 0.717) is 5.92 Å². The van der Waals surface area contributed by atoms with Gasteiger partial charge < -0.3 is 0 Å². The molecule has 0 bridgehead atoms. The van der Waals surface area contributed by atoms with Crippen molar-refractivity contribution in [3.63, 3.8) is 0 Å². The van der Waals surface area contributed by atoms with Gasteiger partial charge in [0.15, 0.2) is 0 Å². The van der Waals surface area contributed by atoms with Gasteiger partial charge in [-0.25, -0.2) is 4.39 Å². The molecule has 3 heteroatoms. The molecule has 0 aromatic heterocycles. The number of hydrogen-bond donors (Lipinski definition) is 2. The molecule has 17 heavy (non-hydrogen) atoms. The fourth-order valence-electron chi connectivity index (χ4n) is 2.96. The first-order valence-corrected chi connectivity index (χ1v) is 6.46. The summed E-state index contributed by atoms with van der Waals surface area (Å²) in [5, 5.41) is 0. The van der Waals surface area contributed by atoms with E-state index in [0.717, 1.165) is 11.5 Å². The number of halogens is 1. The molecular formula is C14H21FN2. The minimum Gasteiger partial charge on any atom is -0.271 e. The molecule has 0 amide bonds. The highest BCUT2D eigenvalue weighted by Crippen LogP contribution is 2.39. The van der Waals surface area contributed by atoms with Gasteiger partial charge in [-0.2, -0.15) is 0 Å². The zero-order valence-electron chi connectivity index (χ0n) is 10.3. The van der Waals surface area contributed by atoms with Crippen molar-refractivity contribution in [2.24, 2.45) is 17.7 Å². The van der Waals surface area contributed by atoms with Crippen LogP contribution in [0.2, 0.25) is 0 Å². The lowest BCUT2D eigenvalue weighted by atomic mass is 9.91. The molecule has 2 rings (SSSR count). The molecule has 3 unspecified atom stereocenters. The summed E-state index contributed by atoms with van der Waals surface area (Å²) in [5.41, 5.74) is 4.00. The minimum atomic E-state index is -0.192. The SMILES string of the molecule is CCC1CCC(C(NN)c2ccc(F)cc2)C1. The van der Waals surface area contributed by atoms with Gasteiger partial charge >= 0.3 is 0 Å². The third-order valence-electron chi connectivity index (χ3n) is 4.04. The molecule has 1 aliphatic carbocycles. The number of nitrogens with two attached hydrogens (primary N) is 1. The molecule has 0 spiro atoms. The summed E-state index contributed by atoms with van der Waals surface area (Å²) in [6.45, 7) is 2.25. The topological polar surface area (TPSA) is 38.0 Å². The van der Waals surface area contributed by atoms with Gasteiger partial charge in [-0.1, -0.05) is 31.9 Å². The average Bonchev–Trinajstić information content (AvgIpc) is 2.81. The lowest BCUT2D eigenvalue weighted by Crippen LogP contribution is -2.32. The van der Waals surface area contributed by atoms with Crippen molar-refractivity contribution < 1.29 is 4.39 Å². The van der Waals surface area contributed by atoms with Crippen molar-refractivity contribution in [3.05, 3.63) is 35.6 Å². The predicted octanol–water partition coefficient (Wildman–Crippen LogP) is 3.16. The molecule has 1 aromatic carbocycles. The van der Waals surface area contributed by atoms with Crippen LogP contribution >= 0.6 is 0 Å². The Balaban J connectivity index is 2.08. The van der Waals surface area contributed by atoms with Crippen LogP contribution in [0.3, 0.4) is 0 Å².